The van der Waals surface area contributed by atoms with E-state index in [1.165, 1.54) is 18.5 Å². The highest BCUT2D eigenvalue weighted by Gasteiger charge is 2.20. The first-order valence-electron chi connectivity index (χ1n) is 5.83. The van der Waals surface area contributed by atoms with Crippen molar-refractivity contribution in [2.24, 2.45) is 0 Å². The second kappa shape index (κ2) is 3.74. The minimum absolute atomic E-state index is 0.557. The number of imidazole rings is 1. The van der Waals surface area contributed by atoms with E-state index in [9.17, 15) is 0 Å². The zero-order valence-corrected chi connectivity index (χ0v) is 9.43. The first-order valence-corrected chi connectivity index (χ1v) is 5.83. The molecule has 2 aromatic heterocycles. The van der Waals surface area contributed by atoms with Crippen LogP contribution in [0.2, 0.25) is 0 Å². The van der Waals surface area contributed by atoms with Gasteiger partial charge in [0.15, 0.2) is 0 Å². The lowest BCUT2D eigenvalue weighted by molar-refractivity contribution is 0.436. The lowest BCUT2D eigenvalue weighted by atomic mass is 10.0. The van der Waals surface area contributed by atoms with Gasteiger partial charge < -0.3 is 4.57 Å². The summed E-state index contributed by atoms with van der Waals surface area (Å²) in [4.78, 5) is 8.70. The number of hydrogen-bond donors (Lipinski definition) is 0. The highest BCUT2D eigenvalue weighted by atomic mass is 15.1. The van der Waals surface area contributed by atoms with E-state index in [1.54, 1.807) is 6.20 Å². The van der Waals surface area contributed by atoms with Gasteiger partial charge in [-0.15, -0.1) is 0 Å². The number of aromatic nitrogens is 3. The van der Waals surface area contributed by atoms with Crippen molar-refractivity contribution in [2.45, 2.75) is 32.2 Å². The Morgan fingerprint density at radius 1 is 1.38 bits per heavy atom. The molecule has 0 aromatic carbocycles. The summed E-state index contributed by atoms with van der Waals surface area (Å²) >= 11 is 0. The Morgan fingerprint density at radius 2 is 2.31 bits per heavy atom. The predicted octanol–water partition coefficient (Wildman–Crippen LogP) is 2.84. The summed E-state index contributed by atoms with van der Waals surface area (Å²) < 4.78 is 2.36. The van der Waals surface area contributed by atoms with Crippen molar-refractivity contribution in [3.63, 3.8) is 0 Å². The molecule has 3 rings (SSSR count). The molecule has 0 bridgehead atoms. The van der Waals surface area contributed by atoms with Crippen LogP contribution in [0.15, 0.2) is 30.7 Å². The Bertz CT molecular complexity index is 487. The first-order chi connectivity index (χ1) is 7.86. The molecule has 1 atom stereocenters. The van der Waals surface area contributed by atoms with Gasteiger partial charge in [0.2, 0.25) is 0 Å². The van der Waals surface area contributed by atoms with Crippen LogP contribution in [0, 0.1) is 0 Å². The van der Waals surface area contributed by atoms with Crippen molar-refractivity contribution in [1.82, 2.24) is 14.5 Å². The normalized spacial score (nSPS) is 19.4. The number of hydrogen-bond acceptors (Lipinski definition) is 2. The standard InChI is InChI=1S/C13H15N3/c1-10-4-2-6-12-9-15-13(16(10)12)11-5-3-7-14-8-11/h3,5,7-10H,2,4,6H2,1H3. The van der Waals surface area contributed by atoms with E-state index in [-0.39, 0.29) is 0 Å². The third-order valence-corrected chi connectivity index (χ3v) is 3.29. The summed E-state index contributed by atoms with van der Waals surface area (Å²) in [6.07, 6.45) is 9.37. The molecule has 3 heteroatoms. The van der Waals surface area contributed by atoms with Crippen LogP contribution in [0.4, 0.5) is 0 Å². The minimum Gasteiger partial charge on any atom is -0.325 e. The van der Waals surface area contributed by atoms with Gasteiger partial charge in [-0.3, -0.25) is 4.98 Å². The van der Waals surface area contributed by atoms with Crippen LogP contribution in [0.5, 0.6) is 0 Å². The Hall–Kier alpha value is -1.64. The van der Waals surface area contributed by atoms with Crippen molar-refractivity contribution >= 4 is 0 Å². The van der Waals surface area contributed by atoms with E-state index in [0.29, 0.717) is 6.04 Å². The Balaban J connectivity index is 2.13. The Kier molecular flexibility index (Phi) is 2.24. The van der Waals surface area contributed by atoms with E-state index in [0.717, 1.165) is 17.8 Å². The number of rotatable bonds is 1. The van der Waals surface area contributed by atoms with Crippen molar-refractivity contribution in [2.75, 3.05) is 0 Å². The summed E-state index contributed by atoms with van der Waals surface area (Å²) in [6.45, 7) is 2.27. The number of pyridine rings is 1. The molecule has 0 spiro atoms. The predicted molar refractivity (Wildman–Crippen MR) is 63.1 cm³/mol. The molecule has 0 radical (unpaired) electrons. The van der Waals surface area contributed by atoms with E-state index in [4.69, 9.17) is 0 Å². The second-order valence-electron chi connectivity index (χ2n) is 4.43. The van der Waals surface area contributed by atoms with Crippen LogP contribution >= 0.6 is 0 Å². The van der Waals surface area contributed by atoms with Crippen LogP contribution in [-0.4, -0.2) is 14.5 Å². The third-order valence-electron chi connectivity index (χ3n) is 3.29. The molecule has 1 aliphatic heterocycles. The lowest BCUT2D eigenvalue weighted by Crippen LogP contribution is -2.15. The molecule has 0 saturated carbocycles. The average Bonchev–Trinajstić information content (AvgIpc) is 2.75. The van der Waals surface area contributed by atoms with Crippen molar-refractivity contribution in [1.29, 1.82) is 0 Å². The highest BCUT2D eigenvalue weighted by Crippen LogP contribution is 2.30. The molecule has 82 valence electrons. The summed E-state index contributed by atoms with van der Waals surface area (Å²) in [6, 6.07) is 4.59. The first kappa shape index (κ1) is 9.58. The summed E-state index contributed by atoms with van der Waals surface area (Å²) in [7, 11) is 0. The molecule has 0 N–H and O–H groups in total. The van der Waals surface area contributed by atoms with E-state index >= 15 is 0 Å². The number of aryl methyl sites for hydroxylation is 1. The van der Waals surface area contributed by atoms with Gasteiger partial charge in [0.05, 0.1) is 0 Å². The van der Waals surface area contributed by atoms with Crippen molar-refractivity contribution < 1.29 is 0 Å². The smallest absolute Gasteiger partial charge is 0.141 e. The molecular formula is C13H15N3. The zero-order valence-electron chi connectivity index (χ0n) is 9.43. The SMILES string of the molecule is CC1CCCc2cnc(-c3cccnc3)n21. The van der Waals surface area contributed by atoms with Crippen LogP contribution in [0.3, 0.4) is 0 Å². The van der Waals surface area contributed by atoms with Gasteiger partial charge in [0.25, 0.3) is 0 Å². The second-order valence-corrected chi connectivity index (χ2v) is 4.43. The van der Waals surface area contributed by atoms with Crippen LogP contribution in [-0.2, 0) is 6.42 Å². The lowest BCUT2D eigenvalue weighted by Gasteiger charge is -2.24. The largest absolute Gasteiger partial charge is 0.325 e. The van der Waals surface area contributed by atoms with Gasteiger partial charge in [-0.1, -0.05) is 0 Å². The van der Waals surface area contributed by atoms with Gasteiger partial charge in [-0.2, -0.15) is 0 Å². The van der Waals surface area contributed by atoms with E-state index in [1.807, 2.05) is 18.5 Å². The third kappa shape index (κ3) is 1.43. The van der Waals surface area contributed by atoms with E-state index in [2.05, 4.69) is 27.5 Å². The Morgan fingerprint density at radius 3 is 3.12 bits per heavy atom. The highest BCUT2D eigenvalue weighted by molar-refractivity contribution is 5.54. The summed E-state index contributed by atoms with van der Waals surface area (Å²) in [5, 5.41) is 0. The van der Waals surface area contributed by atoms with Crippen LogP contribution < -0.4 is 0 Å². The number of fused-ring (bicyclic) bond motifs is 1. The maximum Gasteiger partial charge on any atom is 0.141 e. The molecule has 0 fully saturated rings. The van der Waals surface area contributed by atoms with Gasteiger partial charge >= 0.3 is 0 Å². The average molecular weight is 213 g/mol. The quantitative estimate of drug-likeness (QED) is 0.729. The molecule has 16 heavy (non-hydrogen) atoms. The zero-order chi connectivity index (χ0) is 11.0. The molecule has 3 heterocycles. The summed E-state index contributed by atoms with van der Waals surface area (Å²) in [5.74, 6) is 1.07. The fraction of sp³-hybridized carbons (Fsp3) is 0.385. The van der Waals surface area contributed by atoms with Crippen LogP contribution in [0.1, 0.15) is 31.5 Å². The molecule has 1 unspecified atom stereocenters. The molecule has 0 saturated heterocycles. The van der Waals surface area contributed by atoms with Crippen LogP contribution in [0.25, 0.3) is 11.4 Å². The van der Waals surface area contributed by atoms with Gasteiger partial charge in [0, 0.05) is 35.9 Å². The minimum atomic E-state index is 0.557. The summed E-state index contributed by atoms with van der Waals surface area (Å²) in [5.41, 5.74) is 2.47. The molecular weight excluding hydrogens is 198 g/mol. The maximum absolute atomic E-state index is 4.54. The molecule has 0 amide bonds. The Labute approximate surface area is 95.2 Å². The fourth-order valence-electron chi connectivity index (χ4n) is 2.49. The molecule has 1 aliphatic rings. The van der Waals surface area contributed by atoms with Crippen molar-refractivity contribution in [3.05, 3.63) is 36.4 Å². The fourth-order valence-corrected chi connectivity index (χ4v) is 2.49. The van der Waals surface area contributed by atoms with Crippen molar-refractivity contribution in [3.8, 4) is 11.4 Å². The molecule has 0 aliphatic carbocycles. The number of nitrogens with zero attached hydrogens (tertiary/aromatic N) is 3. The van der Waals surface area contributed by atoms with Gasteiger partial charge in [-0.05, 0) is 38.3 Å². The maximum atomic E-state index is 4.54. The molecule has 3 nitrogen and oxygen atoms in total. The molecule has 2 aromatic rings. The topological polar surface area (TPSA) is 30.7 Å². The van der Waals surface area contributed by atoms with Gasteiger partial charge in [-0.25, -0.2) is 4.98 Å². The monoisotopic (exact) mass is 213 g/mol. The van der Waals surface area contributed by atoms with Gasteiger partial charge in [0.1, 0.15) is 5.82 Å². The van der Waals surface area contributed by atoms with E-state index < -0.39 is 0 Å².